The Balaban J connectivity index is 0.00000264. The second-order valence-corrected chi connectivity index (χ2v) is 5.84. The highest BCUT2D eigenvalue weighted by atomic mass is 35.5. The van der Waals surface area contributed by atoms with Crippen LogP contribution in [0.4, 0.5) is 0 Å². The summed E-state index contributed by atoms with van der Waals surface area (Å²) in [6.45, 7) is 9.83. The average molecular weight is 385 g/mol. The molecule has 1 unspecified atom stereocenters. The zero-order valence-electron chi connectivity index (χ0n) is 14.3. The molecule has 0 spiro atoms. The highest BCUT2D eigenvalue weighted by Gasteiger charge is 2.34. The summed E-state index contributed by atoms with van der Waals surface area (Å²) >= 11 is 0. The standard InChI is InChI=1S/C15H28N4O3.2ClH/c1-2-16-3-4-17-15(21)13-11-14(20)19(12-13)6-5-18-7-9-22-10-8-18;;/h13,16H,2-12H2,1H3,(H,17,21);2*1H. The Morgan fingerprint density at radius 1 is 1.21 bits per heavy atom. The van der Waals surface area contributed by atoms with Crippen LogP contribution in [0.5, 0.6) is 0 Å². The molecule has 7 nitrogen and oxygen atoms in total. The van der Waals surface area contributed by atoms with Gasteiger partial charge < -0.3 is 20.3 Å². The molecule has 0 bridgehead atoms. The Labute approximate surface area is 156 Å². The SMILES string of the molecule is CCNCCNC(=O)C1CC(=O)N(CCN2CCOCC2)C1.Cl.Cl. The molecule has 2 saturated heterocycles. The molecule has 2 amide bonds. The van der Waals surface area contributed by atoms with E-state index in [4.69, 9.17) is 4.74 Å². The van der Waals surface area contributed by atoms with Gasteiger partial charge in [-0.15, -0.1) is 24.8 Å². The van der Waals surface area contributed by atoms with E-state index >= 15 is 0 Å². The monoisotopic (exact) mass is 384 g/mol. The van der Waals surface area contributed by atoms with Gasteiger partial charge in [-0.3, -0.25) is 14.5 Å². The lowest BCUT2D eigenvalue weighted by molar-refractivity contribution is -0.129. The number of amides is 2. The molecule has 2 fully saturated rings. The number of morpholine rings is 1. The van der Waals surface area contributed by atoms with E-state index in [-0.39, 0.29) is 42.5 Å². The summed E-state index contributed by atoms with van der Waals surface area (Å²) in [5, 5.41) is 6.06. The van der Waals surface area contributed by atoms with Gasteiger partial charge >= 0.3 is 0 Å². The first kappa shape index (κ1) is 23.4. The third-order valence-electron chi connectivity index (χ3n) is 4.23. The molecule has 0 aromatic rings. The number of rotatable bonds is 8. The van der Waals surface area contributed by atoms with Crippen molar-refractivity contribution in [2.45, 2.75) is 13.3 Å². The fourth-order valence-corrected chi connectivity index (χ4v) is 2.85. The van der Waals surface area contributed by atoms with Gasteiger partial charge in [-0.2, -0.15) is 0 Å². The zero-order valence-corrected chi connectivity index (χ0v) is 15.9. The lowest BCUT2D eigenvalue weighted by atomic mass is 10.1. The Kier molecular flexibility index (Phi) is 12.4. The molecule has 0 radical (unpaired) electrons. The molecule has 0 aliphatic carbocycles. The number of ether oxygens (including phenoxy) is 1. The number of carbonyl (C=O) groups excluding carboxylic acids is 2. The normalized spacial score (nSPS) is 21.1. The lowest BCUT2D eigenvalue weighted by Gasteiger charge is -2.28. The van der Waals surface area contributed by atoms with E-state index in [0.29, 0.717) is 26.1 Å². The molecule has 1 atom stereocenters. The van der Waals surface area contributed by atoms with Gasteiger partial charge in [-0.05, 0) is 6.54 Å². The van der Waals surface area contributed by atoms with E-state index in [2.05, 4.69) is 15.5 Å². The second kappa shape index (κ2) is 12.7. The fraction of sp³-hybridized carbons (Fsp3) is 0.867. The van der Waals surface area contributed by atoms with Crippen molar-refractivity contribution in [1.29, 1.82) is 0 Å². The van der Waals surface area contributed by atoms with E-state index in [1.165, 1.54) is 0 Å². The predicted octanol–water partition coefficient (Wildman–Crippen LogP) is -0.264. The van der Waals surface area contributed by atoms with Crippen molar-refractivity contribution in [1.82, 2.24) is 20.4 Å². The molecule has 2 heterocycles. The third kappa shape index (κ3) is 7.53. The minimum atomic E-state index is -0.196. The van der Waals surface area contributed by atoms with Gasteiger partial charge in [0.25, 0.3) is 0 Å². The number of halogens is 2. The van der Waals surface area contributed by atoms with Crippen LogP contribution in [0.25, 0.3) is 0 Å². The maximum atomic E-state index is 12.1. The van der Waals surface area contributed by atoms with Gasteiger partial charge in [-0.25, -0.2) is 0 Å². The van der Waals surface area contributed by atoms with Crippen LogP contribution in [0.2, 0.25) is 0 Å². The highest BCUT2D eigenvalue weighted by Crippen LogP contribution is 2.17. The molecular formula is C15H30Cl2N4O3. The molecule has 2 aliphatic rings. The van der Waals surface area contributed by atoms with Crippen molar-refractivity contribution in [3.8, 4) is 0 Å². The molecule has 142 valence electrons. The van der Waals surface area contributed by atoms with E-state index in [1.54, 1.807) is 0 Å². The first-order valence-corrected chi connectivity index (χ1v) is 8.27. The molecule has 24 heavy (non-hydrogen) atoms. The van der Waals surface area contributed by atoms with E-state index < -0.39 is 0 Å². The smallest absolute Gasteiger partial charge is 0.225 e. The topological polar surface area (TPSA) is 73.9 Å². The van der Waals surface area contributed by atoms with Gasteiger partial charge in [0.2, 0.25) is 11.8 Å². The quantitative estimate of drug-likeness (QED) is 0.563. The van der Waals surface area contributed by atoms with Gasteiger partial charge in [-0.1, -0.05) is 6.92 Å². The second-order valence-electron chi connectivity index (χ2n) is 5.84. The van der Waals surface area contributed by atoms with E-state index in [9.17, 15) is 9.59 Å². The van der Waals surface area contributed by atoms with Crippen molar-refractivity contribution in [3.05, 3.63) is 0 Å². The Hall–Kier alpha value is -0.600. The maximum Gasteiger partial charge on any atom is 0.225 e. The average Bonchev–Trinajstić information content (AvgIpc) is 2.91. The zero-order chi connectivity index (χ0) is 15.8. The fourth-order valence-electron chi connectivity index (χ4n) is 2.85. The van der Waals surface area contributed by atoms with Crippen LogP contribution in [0.1, 0.15) is 13.3 Å². The summed E-state index contributed by atoms with van der Waals surface area (Å²) < 4.78 is 5.32. The number of likely N-dealkylation sites (tertiary alicyclic amines) is 1. The molecule has 2 aliphatic heterocycles. The Morgan fingerprint density at radius 3 is 2.58 bits per heavy atom. The van der Waals surface area contributed by atoms with Crippen LogP contribution in [0.3, 0.4) is 0 Å². The van der Waals surface area contributed by atoms with Crippen LogP contribution in [-0.2, 0) is 14.3 Å². The summed E-state index contributed by atoms with van der Waals surface area (Å²) in [7, 11) is 0. The largest absolute Gasteiger partial charge is 0.379 e. The van der Waals surface area contributed by atoms with Gasteiger partial charge in [0, 0.05) is 52.2 Å². The summed E-state index contributed by atoms with van der Waals surface area (Å²) in [6.07, 6.45) is 0.343. The number of nitrogens with one attached hydrogen (secondary N) is 2. The van der Waals surface area contributed by atoms with Crippen molar-refractivity contribution in [2.24, 2.45) is 5.92 Å². The summed E-state index contributed by atoms with van der Waals surface area (Å²) in [6, 6.07) is 0. The van der Waals surface area contributed by atoms with Gasteiger partial charge in [0.1, 0.15) is 0 Å². The van der Waals surface area contributed by atoms with Crippen LogP contribution in [-0.4, -0.2) is 87.2 Å². The van der Waals surface area contributed by atoms with E-state index in [1.807, 2.05) is 11.8 Å². The van der Waals surface area contributed by atoms with Crippen LogP contribution >= 0.6 is 24.8 Å². The molecular weight excluding hydrogens is 355 g/mol. The number of hydrogen-bond donors (Lipinski definition) is 2. The maximum absolute atomic E-state index is 12.1. The first-order chi connectivity index (χ1) is 10.7. The summed E-state index contributed by atoms with van der Waals surface area (Å²) in [4.78, 5) is 28.2. The number of nitrogens with zero attached hydrogens (tertiary/aromatic N) is 2. The van der Waals surface area contributed by atoms with Crippen molar-refractivity contribution in [2.75, 3.05) is 65.6 Å². The minimum Gasteiger partial charge on any atom is -0.379 e. The Morgan fingerprint density at radius 2 is 1.92 bits per heavy atom. The molecule has 2 N–H and O–H groups in total. The van der Waals surface area contributed by atoms with Crippen molar-refractivity contribution < 1.29 is 14.3 Å². The van der Waals surface area contributed by atoms with E-state index in [0.717, 1.165) is 45.9 Å². The van der Waals surface area contributed by atoms with Gasteiger partial charge in [0.15, 0.2) is 0 Å². The molecule has 0 aromatic carbocycles. The van der Waals surface area contributed by atoms with Crippen LogP contribution < -0.4 is 10.6 Å². The summed E-state index contributed by atoms with van der Waals surface area (Å²) in [5.41, 5.74) is 0. The predicted molar refractivity (Wildman–Crippen MR) is 98.0 cm³/mol. The third-order valence-corrected chi connectivity index (χ3v) is 4.23. The van der Waals surface area contributed by atoms with Crippen LogP contribution in [0, 0.1) is 5.92 Å². The Bertz CT molecular complexity index is 382. The molecule has 9 heteroatoms. The van der Waals surface area contributed by atoms with Gasteiger partial charge in [0.05, 0.1) is 19.1 Å². The minimum absolute atomic E-state index is 0. The molecule has 2 rings (SSSR count). The number of hydrogen-bond acceptors (Lipinski definition) is 5. The van der Waals surface area contributed by atoms with Crippen molar-refractivity contribution in [3.63, 3.8) is 0 Å². The molecule has 0 saturated carbocycles. The number of carbonyl (C=O) groups is 2. The summed E-state index contributed by atoms with van der Waals surface area (Å²) in [5.74, 6) is -0.0981. The number of likely N-dealkylation sites (N-methyl/N-ethyl adjacent to an activating group) is 1. The van der Waals surface area contributed by atoms with Crippen LogP contribution in [0.15, 0.2) is 0 Å². The molecule has 0 aromatic heterocycles. The lowest BCUT2D eigenvalue weighted by Crippen LogP contribution is -2.42. The highest BCUT2D eigenvalue weighted by molar-refractivity contribution is 5.89. The first-order valence-electron chi connectivity index (χ1n) is 8.27. The van der Waals surface area contributed by atoms with Crippen molar-refractivity contribution >= 4 is 36.6 Å².